The van der Waals surface area contributed by atoms with Gasteiger partial charge in [-0.1, -0.05) is 48.0 Å². The van der Waals surface area contributed by atoms with Crippen LogP contribution in [0.1, 0.15) is 23.1 Å². The summed E-state index contributed by atoms with van der Waals surface area (Å²) in [4.78, 5) is -0.0238. The molecule has 5 nitrogen and oxygen atoms in total. The average molecular weight is 364 g/mol. The molecule has 0 amide bonds. The molecule has 0 atom stereocenters. The van der Waals surface area contributed by atoms with Crippen molar-refractivity contribution in [3.05, 3.63) is 65.2 Å². The van der Waals surface area contributed by atoms with Crippen LogP contribution in [0.3, 0.4) is 0 Å². The van der Waals surface area contributed by atoms with Gasteiger partial charge in [-0.3, -0.25) is 4.55 Å². The van der Waals surface area contributed by atoms with Gasteiger partial charge in [0.25, 0.3) is 10.1 Å². The molecule has 0 saturated carbocycles. The van der Waals surface area contributed by atoms with E-state index in [0.29, 0.717) is 44.8 Å². The third-order valence-electron chi connectivity index (χ3n) is 3.71. The molecule has 0 aliphatic heterocycles. The summed E-state index contributed by atoms with van der Waals surface area (Å²) in [7, 11) is -4.19. The van der Waals surface area contributed by atoms with Crippen LogP contribution in [0.25, 0.3) is 0 Å². The standard InChI is InChI=1S/C19H24O5S/c1-16-9-10-19(25(20,21)22)18(14-16)8-5-11-23-12-13-24-15-17-6-3-2-4-7-17/h2-4,6-7,9-10,14H,5,8,11-13,15H2,1H3,(H,20,21,22). The lowest BCUT2D eigenvalue weighted by atomic mass is 10.1. The van der Waals surface area contributed by atoms with E-state index < -0.39 is 10.1 Å². The number of aryl methyl sites for hydroxylation is 2. The molecule has 0 saturated heterocycles. The predicted molar refractivity (Wildman–Crippen MR) is 96.2 cm³/mol. The Morgan fingerprint density at radius 2 is 1.68 bits per heavy atom. The minimum Gasteiger partial charge on any atom is -0.379 e. The SMILES string of the molecule is Cc1ccc(S(=O)(=O)O)c(CCCOCCOCc2ccccc2)c1. The second kappa shape index (κ2) is 9.68. The number of benzene rings is 2. The van der Waals surface area contributed by atoms with E-state index in [1.807, 2.05) is 37.3 Å². The highest BCUT2D eigenvalue weighted by molar-refractivity contribution is 7.85. The maximum atomic E-state index is 11.4. The maximum absolute atomic E-state index is 11.4. The molecule has 0 spiro atoms. The van der Waals surface area contributed by atoms with Gasteiger partial charge >= 0.3 is 0 Å². The fourth-order valence-electron chi connectivity index (χ4n) is 2.50. The van der Waals surface area contributed by atoms with Crippen molar-refractivity contribution in [2.24, 2.45) is 0 Å². The van der Waals surface area contributed by atoms with E-state index in [1.165, 1.54) is 6.07 Å². The van der Waals surface area contributed by atoms with Crippen molar-refractivity contribution < 1.29 is 22.4 Å². The summed E-state index contributed by atoms with van der Waals surface area (Å²) in [6.45, 7) is 3.96. The first-order chi connectivity index (χ1) is 12.0. The van der Waals surface area contributed by atoms with Gasteiger partial charge < -0.3 is 9.47 Å². The van der Waals surface area contributed by atoms with Crippen molar-refractivity contribution in [3.8, 4) is 0 Å². The van der Waals surface area contributed by atoms with Crippen molar-refractivity contribution in [2.45, 2.75) is 31.3 Å². The Hall–Kier alpha value is -1.73. The van der Waals surface area contributed by atoms with Crippen LogP contribution in [-0.4, -0.2) is 32.8 Å². The normalized spacial score (nSPS) is 11.6. The second-order valence-electron chi connectivity index (χ2n) is 5.84. The zero-order chi connectivity index (χ0) is 18.1. The fourth-order valence-corrected chi connectivity index (χ4v) is 3.24. The number of hydrogen-bond acceptors (Lipinski definition) is 4. The van der Waals surface area contributed by atoms with Gasteiger partial charge in [0.2, 0.25) is 0 Å². The summed E-state index contributed by atoms with van der Waals surface area (Å²) in [6, 6.07) is 14.8. The van der Waals surface area contributed by atoms with E-state index in [4.69, 9.17) is 9.47 Å². The summed E-state index contributed by atoms with van der Waals surface area (Å²) < 4.78 is 43.1. The molecule has 0 bridgehead atoms. The minimum atomic E-state index is -4.19. The topological polar surface area (TPSA) is 72.8 Å². The summed E-state index contributed by atoms with van der Waals surface area (Å²) >= 11 is 0. The van der Waals surface area contributed by atoms with E-state index in [9.17, 15) is 13.0 Å². The first-order valence-corrected chi connectivity index (χ1v) is 9.67. The molecule has 1 N–H and O–H groups in total. The first kappa shape index (κ1) is 19.6. The number of rotatable bonds is 10. The van der Waals surface area contributed by atoms with Crippen LogP contribution < -0.4 is 0 Å². The third-order valence-corrected chi connectivity index (χ3v) is 4.67. The second-order valence-corrected chi connectivity index (χ2v) is 7.23. The van der Waals surface area contributed by atoms with Crippen molar-refractivity contribution in [3.63, 3.8) is 0 Å². The van der Waals surface area contributed by atoms with Gasteiger partial charge in [0.1, 0.15) is 0 Å². The predicted octanol–water partition coefficient (Wildman–Crippen LogP) is 3.41. The summed E-state index contributed by atoms with van der Waals surface area (Å²) in [5.74, 6) is 0. The third kappa shape index (κ3) is 6.96. The van der Waals surface area contributed by atoms with Crippen LogP contribution in [0, 0.1) is 6.92 Å². The molecule has 0 fully saturated rings. The van der Waals surface area contributed by atoms with Crippen molar-refractivity contribution in [1.82, 2.24) is 0 Å². The lowest BCUT2D eigenvalue weighted by Gasteiger charge is -2.09. The molecule has 0 aliphatic carbocycles. The summed E-state index contributed by atoms with van der Waals surface area (Å²) in [6.07, 6.45) is 1.20. The highest BCUT2D eigenvalue weighted by Crippen LogP contribution is 2.18. The zero-order valence-electron chi connectivity index (χ0n) is 14.3. The van der Waals surface area contributed by atoms with Gasteiger partial charge in [0.05, 0.1) is 24.7 Å². The van der Waals surface area contributed by atoms with E-state index in [-0.39, 0.29) is 4.90 Å². The van der Waals surface area contributed by atoms with Gasteiger partial charge in [-0.25, -0.2) is 0 Å². The Kier molecular flexibility index (Phi) is 7.58. The molecular formula is C19H24O5S. The average Bonchev–Trinajstić information content (AvgIpc) is 2.57. The Balaban J connectivity index is 1.66. The van der Waals surface area contributed by atoms with Crippen molar-refractivity contribution >= 4 is 10.1 Å². The van der Waals surface area contributed by atoms with Crippen LogP contribution in [0.15, 0.2) is 53.4 Å². The smallest absolute Gasteiger partial charge is 0.294 e. The van der Waals surface area contributed by atoms with Gasteiger partial charge in [0, 0.05) is 6.61 Å². The summed E-state index contributed by atoms with van der Waals surface area (Å²) in [5, 5.41) is 0. The van der Waals surface area contributed by atoms with Crippen LogP contribution in [0.2, 0.25) is 0 Å². The zero-order valence-corrected chi connectivity index (χ0v) is 15.2. The first-order valence-electron chi connectivity index (χ1n) is 8.23. The van der Waals surface area contributed by atoms with Gasteiger partial charge in [0.15, 0.2) is 0 Å². The van der Waals surface area contributed by atoms with Crippen LogP contribution in [0.4, 0.5) is 0 Å². The molecule has 2 aromatic rings. The van der Waals surface area contributed by atoms with Crippen LogP contribution >= 0.6 is 0 Å². The number of ether oxygens (including phenoxy) is 2. The highest BCUT2D eigenvalue weighted by Gasteiger charge is 2.14. The molecule has 0 heterocycles. The van der Waals surface area contributed by atoms with Gasteiger partial charge in [-0.15, -0.1) is 0 Å². The molecule has 6 heteroatoms. The molecule has 136 valence electrons. The maximum Gasteiger partial charge on any atom is 0.294 e. The minimum absolute atomic E-state index is 0.0238. The fraction of sp³-hybridized carbons (Fsp3) is 0.368. The molecule has 0 aromatic heterocycles. The lowest BCUT2D eigenvalue weighted by molar-refractivity contribution is 0.0398. The number of hydrogen-bond donors (Lipinski definition) is 1. The molecular weight excluding hydrogens is 340 g/mol. The molecule has 25 heavy (non-hydrogen) atoms. The van der Waals surface area contributed by atoms with E-state index in [1.54, 1.807) is 12.1 Å². The Bertz CT molecular complexity index is 757. The molecule has 2 rings (SSSR count). The molecule has 0 aliphatic rings. The van der Waals surface area contributed by atoms with Crippen LogP contribution in [0.5, 0.6) is 0 Å². The molecule has 0 radical (unpaired) electrons. The Morgan fingerprint density at radius 3 is 2.40 bits per heavy atom. The molecule has 0 unspecified atom stereocenters. The van der Waals surface area contributed by atoms with E-state index in [2.05, 4.69) is 0 Å². The van der Waals surface area contributed by atoms with Crippen molar-refractivity contribution in [1.29, 1.82) is 0 Å². The Labute approximate surface area is 149 Å². The Morgan fingerprint density at radius 1 is 0.960 bits per heavy atom. The van der Waals surface area contributed by atoms with E-state index >= 15 is 0 Å². The van der Waals surface area contributed by atoms with Gasteiger partial charge in [-0.2, -0.15) is 8.42 Å². The summed E-state index contributed by atoms with van der Waals surface area (Å²) in [5.41, 5.74) is 2.70. The largest absolute Gasteiger partial charge is 0.379 e. The molecule has 2 aromatic carbocycles. The quantitative estimate of drug-likeness (QED) is 0.517. The monoisotopic (exact) mass is 364 g/mol. The highest BCUT2D eigenvalue weighted by atomic mass is 32.2. The van der Waals surface area contributed by atoms with Crippen LogP contribution in [-0.2, 0) is 32.6 Å². The lowest BCUT2D eigenvalue weighted by Crippen LogP contribution is -2.07. The van der Waals surface area contributed by atoms with Gasteiger partial charge in [-0.05, 0) is 37.0 Å². The van der Waals surface area contributed by atoms with Crippen molar-refractivity contribution in [2.75, 3.05) is 19.8 Å². The van der Waals surface area contributed by atoms with E-state index in [0.717, 1.165) is 11.1 Å².